The molecule has 142 valence electrons. The molecule has 0 saturated heterocycles. The zero-order chi connectivity index (χ0) is 19.9. The van der Waals surface area contributed by atoms with E-state index >= 15 is 0 Å². The Morgan fingerprint density at radius 3 is 2.26 bits per heavy atom. The van der Waals surface area contributed by atoms with E-state index in [0.717, 1.165) is 6.42 Å². The lowest BCUT2D eigenvalue weighted by Gasteiger charge is -2.19. The molecule has 1 nitrogen and oxygen atoms in total. The van der Waals surface area contributed by atoms with Crippen LogP contribution >= 0.6 is 0 Å². The molecule has 0 atom stereocenters. The Labute approximate surface area is 165 Å². The van der Waals surface area contributed by atoms with Gasteiger partial charge in [0.15, 0.2) is 5.69 Å². The average Bonchev–Trinajstić information content (AvgIpc) is 2.55. The van der Waals surface area contributed by atoms with E-state index in [1.807, 2.05) is 0 Å². The van der Waals surface area contributed by atoms with Gasteiger partial charge in [-0.25, -0.2) is 0 Å². The van der Waals surface area contributed by atoms with Crippen molar-refractivity contribution in [3.8, 4) is 11.3 Å². The molecule has 0 fully saturated rings. The maximum atomic E-state index is 2.39. The summed E-state index contributed by atoms with van der Waals surface area (Å²) in [4.78, 5) is 0. The number of benzene rings is 2. The molecule has 0 saturated carbocycles. The molecule has 1 heterocycles. The van der Waals surface area contributed by atoms with Crippen molar-refractivity contribution in [2.75, 3.05) is 0 Å². The number of hydrogen-bond acceptors (Lipinski definition) is 0. The lowest BCUT2D eigenvalue weighted by molar-refractivity contribution is -0.665. The molecular weight excluding hydrogens is 326 g/mol. The van der Waals surface area contributed by atoms with Gasteiger partial charge in [0.05, 0.1) is 5.39 Å². The molecule has 3 aromatic rings. The summed E-state index contributed by atoms with van der Waals surface area (Å²) < 4.78 is 2.35. The predicted octanol–water partition coefficient (Wildman–Crippen LogP) is 6.66. The van der Waals surface area contributed by atoms with Gasteiger partial charge < -0.3 is 0 Å². The van der Waals surface area contributed by atoms with Crippen molar-refractivity contribution in [3.05, 3.63) is 64.8 Å². The van der Waals surface area contributed by atoms with Gasteiger partial charge in [-0.15, -0.1) is 0 Å². The van der Waals surface area contributed by atoms with E-state index in [4.69, 9.17) is 0 Å². The monoisotopic (exact) mass is 360 g/mol. The average molecular weight is 361 g/mol. The lowest BCUT2D eigenvalue weighted by atomic mass is 9.87. The number of fused-ring (bicyclic) bond motifs is 1. The van der Waals surface area contributed by atoms with Gasteiger partial charge in [-0.05, 0) is 58.9 Å². The van der Waals surface area contributed by atoms with Crippen LogP contribution in [0.5, 0.6) is 0 Å². The van der Waals surface area contributed by atoms with Crippen molar-refractivity contribution in [1.82, 2.24) is 0 Å². The Morgan fingerprint density at radius 1 is 0.926 bits per heavy atom. The minimum atomic E-state index is 0.299. The molecule has 0 aliphatic heterocycles. The van der Waals surface area contributed by atoms with Crippen molar-refractivity contribution >= 4 is 10.8 Å². The summed E-state index contributed by atoms with van der Waals surface area (Å²) in [6.45, 7) is 15.9. The number of rotatable bonds is 3. The molecule has 0 aliphatic carbocycles. The van der Waals surface area contributed by atoms with Gasteiger partial charge in [0.2, 0.25) is 5.69 Å². The molecule has 0 N–H and O–H groups in total. The normalized spacial score (nSPS) is 12.2. The van der Waals surface area contributed by atoms with E-state index in [0.29, 0.717) is 11.3 Å². The van der Waals surface area contributed by atoms with Crippen LogP contribution in [0.1, 0.15) is 62.9 Å². The van der Waals surface area contributed by atoms with E-state index in [1.54, 1.807) is 0 Å². The zero-order valence-electron chi connectivity index (χ0n) is 18.3. The van der Waals surface area contributed by atoms with Gasteiger partial charge >= 0.3 is 0 Å². The van der Waals surface area contributed by atoms with Crippen LogP contribution in [0.4, 0.5) is 0 Å². The molecule has 1 aromatic heterocycles. The van der Waals surface area contributed by atoms with E-state index in [9.17, 15) is 0 Å². The van der Waals surface area contributed by atoms with E-state index < -0.39 is 0 Å². The fourth-order valence-corrected chi connectivity index (χ4v) is 3.93. The summed E-state index contributed by atoms with van der Waals surface area (Å²) in [5.41, 5.74) is 8.41. The highest BCUT2D eigenvalue weighted by molar-refractivity contribution is 5.94. The second kappa shape index (κ2) is 7.11. The SMILES string of the molecule is Cc1ccc(C(C)C)cc1-c1c2ccc(CC(C)(C)C)cc2cc(C)[n+]1C. The first-order valence-electron chi connectivity index (χ1n) is 10.1. The van der Waals surface area contributed by atoms with Crippen molar-refractivity contribution in [2.24, 2.45) is 12.5 Å². The Bertz CT molecular complexity index is 987. The standard InChI is InChI=1S/C26H34N/c1-17(2)21-11-9-18(3)24(15-21)25-23-12-10-20(16-26(5,6)7)14-22(23)13-19(4)27(25)8/h9-15,17H,16H2,1-8H3/q+1. The minimum absolute atomic E-state index is 0.299. The van der Waals surface area contributed by atoms with Crippen molar-refractivity contribution in [3.63, 3.8) is 0 Å². The number of nitrogens with zero attached hydrogens (tertiary/aromatic N) is 1. The van der Waals surface area contributed by atoms with E-state index in [1.165, 1.54) is 44.4 Å². The summed E-state index contributed by atoms with van der Waals surface area (Å²) in [5.74, 6) is 0.532. The van der Waals surface area contributed by atoms with Crippen molar-refractivity contribution < 1.29 is 4.57 Å². The highest BCUT2D eigenvalue weighted by Gasteiger charge is 2.21. The molecule has 0 unspecified atom stereocenters. The maximum absolute atomic E-state index is 2.39. The quantitative estimate of drug-likeness (QED) is 0.460. The zero-order valence-corrected chi connectivity index (χ0v) is 18.3. The Morgan fingerprint density at radius 2 is 1.63 bits per heavy atom. The summed E-state index contributed by atoms with van der Waals surface area (Å²) in [6, 6.07) is 16.3. The topological polar surface area (TPSA) is 3.88 Å². The molecular formula is C26H34N+. The molecule has 1 heteroatoms. The van der Waals surface area contributed by atoms with Gasteiger partial charge in [-0.3, -0.25) is 0 Å². The second-order valence-corrected chi connectivity index (χ2v) is 9.58. The van der Waals surface area contributed by atoms with Crippen LogP contribution < -0.4 is 4.57 Å². The van der Waals surface area contributed by atoms with Crippen LogP contribution in [0.15, 0.2) is 42.5 Å². The first kappa shape index (κ1) is 19.6. The Kier molecular flexibility index (Phi) is 5.16. The summed E-state index contributed by atoms with van der Waals surface area (Å²) in [6.07, 6.45) is 1.10. The van der Waals surface area contributed by atoms with Crippen LogP contribution in [-0.4, -0.2) is 0 Å². The Hall–Kier alpha value is -2.15. The summed E-state index contributed by atoms with van der Waals surface area (Å²) in [5, 5.41) is 2.68. The van der Waals surface area contributed by atoms with Crippen LogP contribution in [-0.2, 0) is 13.5 Å². The molecule has 0 aliphatic rings. The fraction of sp³-hybridized carbons (Fsp3) is 0.423. The number of aryl methyl sites for hydroxylation is 2. The number of aromatic nitrogens is 1. The Balaban J connectivity index is 2.27. The molecule has 0 spiro atoms. The first-order valence-corrected chi connectivity index (χ1v) is 10.1. The summed E-state index contributed by atoms with van der Waals surface area (Å²) in [7, 11) is 2.19. The van der Waals surface area contributed by atoms with Crippen molar-refractivity contribution in [1.29, 1.82) is 0 Å². The third-order valence-corrected chi connectivity index (χ3v) is 5.52. The van der Waals surface area contributed by atoms with E-state index in [2.05, 4.69) is 103 Å². The third kappa shape index (κ3) is 4.08. The van der Waals surface area contributed by atoms with E-state index in [-0.39, 0.29) is 0 Å². The number of hydrogen-bond donors (Lipinski definition) is 0. The molecule has 0 amide bonds. The van der Waals surface area contributed by atoms with Gasteiger partial charge in [0, 0.05) is 18.6 Å². The van der Waals surface area contributed by atoms with Gasteiger partial charge in [-0.1, -0.05) is 58.9 Å². The molecule has 0 bridgehead atoms. The highest BCUT2D eigenvalue weighted by atomic mass is 14.9. The lowest BCUT2D eigenvalue weighted by Crippen LogP contribution is -2.35. The second-order valence-electron chi connectivity index (χ2n) is 9.58. The molecule has 0 radical (unpaired) electrons. The van der Waals surface area contributed by atoms with Crippen LogP contribution in [0.25, 0.3) is 22.0 Å². The molecule has 2 aromatic carbocycles. The molecule has 27 heavy (non-hydrogen) atoms. The third-order valence-electron chi connectivity index (χ3n) is 5.52. The fourth-order valence-electron chi connectivity index (χ4n) is 3.93. The highest BCUT2D eigenvalue weighted by Crippen LogP contribution is 2.32. The smallest absolute Gasteiger partial charge is 0.198 e. The largest absolute Gasteiger partial charge is 0.220 e. The van der Waals surface area contributed by atoms with Crippen LogP contribution in [0.2, 0.25) is 0 Å². The van der Waals surface area contributed by atoms with Crippen LogP contribution in [0.3, 0.4) is 0 Å². The predicted molar refractivity (Wildman–Crippen MR) is 117 cm³/mol. The maximum Gasteiger partial charge on any atom is 0.220 e. The van der Waals surface area contributed by atoms with Gasteiger partial charge in [0.1, 0.15) is 7.05 Å². The first-order chi connectivity index (χ1) is 12.6. The minimum Gasteiger partial charge on any atom is -0.198 e. The number of pyridine rings is 1. The molecule has 3 rings (SSSR count). The van der Waals surface area contributed by atoms with Crippen LogP contribution in [0, 0.1) is 19.3 Å². The van der Waals surface area contributed by atoms with Gasteiger partial charge in [0.25, 0.3) is 0 Å². The van der Waals surface area contributed by atoms with Crippen molar-refractivity contribution in [2.45, 2.75) is 60.8 Å². The summed E-state index contributed by atoms with van der Waals surface area (Å²) >= 11 is 0. The van der Waals surface area contributed by atoms with Gasteiger partial charge in [-0.2, -0.15) is 4.57 Å².